The summed E-state index contributed by atoms with van der Waals surface area (Å²) in [6.07, 6.45) is 0. The molecule has 2 N–H and O–H groups in total. The summed E-state index contributed by atoms with van der Waals surface area (Å²) in [5, 5.41) is 18.4. The fraction of sp³-hybridized carbons (Fsp3) is 0.467. The molecular formula is C15H20FNO2. The van der Waals surface area contributed by atoms with E-state index in [-0.39, 0.29) is 12.2 Å². The number of likely N-dealkylation sites (N-methyl/N-ethyl adjacent to an activating group) is 1. The Morgan fingerprint density at radius 1 is 1.37 bits per heavy atom. The quantitative estimate of drug-likeness (QED) is 0.808. The zero-order valence-electron chi connectivity index (χ0n) is 11.6. The molecule has 0 amide bonds. The molecule has 1 aromatic rings. The van der Waals surface area contributed by atoms with Crippen LogP contribution in [0.5, 0.6) is 0 Å². The van der Waals surface area contributed by atoms with Crippen molar-refractivity contribution in [1.29, 1.82) is 0 Å². The molecule has 1 rings (SSSR count). The van der Waals surface area contributed by atoms with Crippen LogP contribution < -0.4 is 0 Å². The van der Waals surface area contributed by atoms with Gasteiger partial charge in [0.05, 0.1) is 11.2 Å². The SMILES string of the molecule is CN(Cc1ccc(F)c(C#CCO)c1)CC(C)(C)O. The summed E-state index contributed by atoms with van der Waals surface area (Å²) in [5.74, 6) is 4.62. The van der Waals surface area contributed by atoms with E-state index in [0.717, 1.165) is 5.56 Å². The Morgan fingerprint density at radius 3 is 2.63 bits per heavy atom. The molecule has 0 atom stereocenters. The van der Waals surface area contributed by atoms with Gasteiger partial charge >= 0.3 is 0 Å². The molecule has 3 nitrogen and oxygen atoms in total. The number of hydrogen-bond acceptors (Lipinski definition) is 3. The third-order valence-corrected chi connectivity index (χ3v) is 2.44. The average molecular weight is 265 g/mol. The first-order valence-electron chi connectivity index (χ1n) is 6.11. The fourth-order valence-corrected chi connectivity index (χ4v) is 1.93. The highest BCUT2D eigenvalue weighted by Crippen LogP contribution is 2.13. The Hall–Kier alpha value is -1.41. The smallest absolute Gasteiger partial charge is 0.138 e. The maximum absolute atomic E-state index is 13.5. The van der Waals surface area contributed by atoms with Gasteiger partial charge in [0, 0.05) is 13.1 Å². The lowest BCUT2D eigenvalue weighted by Crippen LogP contribution is -2.35. The number of halogens is 1. The normalized spacial score (nSPS) is 11.3. The third-order valence-electron chi connectivity index (χ3n) is 2.44. The molecule has 0 aliphatic heterocycles. The summed E-state index contributed by atoms with van der Waals surface area (Å²) >= 11 is 0. The molecule has 0 bridgehead atoms. The third kappa shape index (κ3) is 5.84. The van der Waals surface area contributed by atoms with Crippen LogP contribution in [0.3, 0.4) is 0 Å². The van der Waals surface area contributed by atoms with E-state index in [9.17, 15) is 9.50 Å². The van der Waals surface area contributed by atoms with E-state index in [0.29, 0.717) is 13.1 Å². The number of hydrogen-bond donors (Lipinski definition) is 2. The molecule has 0 aliphatic carbocycles. The number of nitrogens with zero attached hydrogens (tertiary/aromatic N) is 1. The minimum absolute atomic E-state index is 0.281. The second-order valence-corrected chi connectivity index (χ2v) is 5.26. The molecular weight excluding hydrogens is 245 g/mol. The van der Waals surface area contributed by atoms with Crippen molar-refractivity contribution in [2.75, 3.05) is 20.2 Å². The van der Waals surface area contributed by atoms with Gasteiger partial charge < -0.3 is 10.2 Å². The summed E-state index contributed by atoms with van der Waals surface area (Å²) in [5.41, 5.74) is 0.424. The second kappa shape index (κ2) is 6.67. The van der Waals surface area contributed by atoms with Gasteiger partial charge in [-0.25, -0.2) is 4.39 Å². The van der Waals surface area contributed by atoms with Crippen molar-refractivity contribution in [2.24, 2.45) is 0 Å². The van der Waals surface area contributed by atoms with E-state index in [4.69, 9.17) is 5.11 Å². The van der Waals surface area contributed by atoms with Gasteiger partial charge in [0.2, 0.25) is 0 Å². The van der Waals surface area contributed by atoms with Crippen LogP contribution in [0, 0.1) is 17.7 Å². The first-order chi connectivity index (χ1) is 8.81. The first kappa shape index (κ1) is 15.6. The molecule has 0 spiro atoms. The van der Waals surface area contributed by atoms with Gasteiger partial charge in [-0.15, -0.1) is 0 Å². The number of aliphatic hydroxyl groups excluding tert-OH is 1. The maximum Gasteiger partial charge on any atom is 0.138 e. The van der Waals surface area contributed by atoms with Crippen LogP contribution in [0.2, 0.25) is 0 Å². The van der Waals surface area contributed by atoms with E-state index < -0.39 is 11.4 Å². The minimum Gasteiger partial charge on any atom is -0.389 e. The Kier molecular flexibility index (Phi) is 5.49. The number of rotatable bonds is 4. The Balaban J connectivity index is 2.79. The van der Waals surface area contributed by atoms with Crippen molar-refractivity contribution in [2.45, 2.75) is 26.0 Å². The Labute approximate surface area is 113 Å². The molecule has 0 saturated heterocycles. The summed E-state index contributed by atoms with van der Waals surface area (Å²) in [6, 6.07) is 4.73. The molecule has 0 heterocycles. The van der Waals surface area contributed by atoms with Gasteiger partial charge in [0.1, 0.15) is 12.4 Å². The molecule has 19 heavy (non-hydrogen) atoms. The first-order valence-corrected chi connectivity index (χ1v) is 6.11. The predicted octanol–water partition coefficient (Wildman–Crippen LogP) is 1.37. The molecule has 4 heteroatoms. The molecule has 0 aromatic heterocycles. The van der Waals surface area contributed by atoms with E-state index in [1.54, 1.807) is 26.0 Å². The zero-order chi connectivity index (χ0) is 14.5. The zero-order valence-corrected chi connectivity index (χ0v) is 11.6. The van der Waals surface area contributed by atoms with Crippen LogP contribution in [0.25, 0.3) is 0 Å². The molecule has 1 aromatic carbocycles. The maximum atomic E-state index is 13.5. The Morgan fingerprint density at radius 2 is 2.05 bits per heavy atom. The van der Waals surface area contributed by atoms with E-state index in [2.05, 4.69) is 11.8 Å². The largest absolute Gasteiger partial charge is 0.389 e. The van der Waals surface area contributed by atoms with E-state index in [1.807, 2.05) is 11.9 Å². The van der Waals surface area contributed by atoms with Crippen molar-refractivity contribution < 1.29 is 14.6 Å². The van der Waals surface area contributed by atoms with Gasteiger partial charge in [-0.1, -0.05) is 17.9 Å². The standard InChI is InChI=1S/C15H20FNO2/c1-15(2,19)11-17(3)10-12-6-7-14(16)13(9-12)5-4-8-18/h6-7,9,18-19H,8,10-11H2,1-3H3. The number of benzene rings is 1. The fourth-order valence-electron chi connectivity index (χ4n) is 1.93. The molecule has 0 radical (unpaired) electrons. The highest BCUT2D eigenvalue weighted by molar-refractivity contribution is 5.38. The van der Waals surface area contributed by atoms with Crippen molar-refractivity contribution >= 4 is 0 Å². The molecule has 104 valence electrons. The van der Waals surface area contributed by atoms with Crippen molar-refractivity contribution in [1.82, 2.24) is 4.90 Å². The summed E-state index contributed by atoms with van der Waals surface area (Å²) in [7, 11) is 1.89. The van der Waals surface area contributed by atoms with Crippen LogP contribution >= 0.6 is 0 Å². The molecule has 0 saturated carbocycles. The second-order valence-electron chi connectivity index (χ2n) is 5.26. The summed E-state index contributed by atoms with van der Waals surface area (Å²) in [6.45, 7) is 4.31. The van der Waals surface area contributed by atoms with Crippen LogP contribution in [0.4, 0.5) is 4.39 Å². The monoisotopic (exact) mass is 265 g/mol. The van der Waals surface area contributed by atoms with Gasteiger partial charge in [-0.2, -0.15) is 0 Å². The van der Waals surface area contributed by atoms with Gasteiger partial charge in [0.25, 0.3) is 0 Å². The molecule has 0 aliphatic rings. The van der Waals surface area contributed by atoms with Crippen molar-refractivity contribution in [3.8, 4) is 11.8 Å². The van der Waals surface area contributed by atoms with Crippen LogP contribution in [0.1, 0.15) is 25.0 Å². The van der Waals surface area contributed by atoms with Crippen LogP contribution in [-0.2, 0) is 6.54 Å². The Bertz CT molecular complexity index is 483. The number of aliphatic hydroxyl groups is 2. The van der Waals surface area contributed by atoms with Gasteiger partial charge in [0.15, 0.2) is 0 Å². The predicted molar refractivity (Wildman–Crippen MR) is 73.0 cm³/mol. The van der Waals surface area contributed by atoms with Crippen LogP contribution in [-0.4, -0.2) is 40.9 Å². The molecule has 0 unspecified atom stereocenters. The van der Waals surface area contributed by atoms with E-state index in [1.165, 1.54) is 6.07 Å². The van der Waals surface area contributed by atoms with Gasteiger partial charge in [-0.3, -0.25) is 4.90 Å². The summed E-state index contributed by atoms with van der Waals surface area (Å²) < 4.78 is 13.5. The van der Waals surface area contributed by atoms with Crippen molar-refractivity contribution in [3.05, 3.63) is 35.1 Å². The lowest BCUT2D eigenvalue weighted by Gasteiger charge is -2.25. The topological polar surface area (TPSA) is 43.7 Å². The van der Waals surface area contributed by atoms with Crippen LogP contribution in [0.15, 0.2) is 18.2 Å². The lowest BCUT2D eigenvalue weighted by molar-refractivity contribution is 0.0425. The van der Waals surface area contributed by atoms with Gasteiger partial charge in [-0.05, 0) is 38.6 Å². The molecule has 0 fully saturated rings. The lowest BCUT2D eigenvalue weighted by atomic mass is 10.1. The average Bonchev–Trinajstić information content (AvgIpc) is 2.27. The van der Waals surface area contributed by atoms with Crippen molar-refractivity contribution in [3.63, 3.8) is 0 Å². The van der Waals surface area contributed by atoms with E-state index >= 15 is 0 Å². The highest BCUT2D eigenvalue weighted by atomic mass is 19.1. The highest BCUT2D eigenvalue weighted by Gasteiger charge is 2.15. The summed E-state index contributed by atoms with van der Waals surface area (Å²) in [4.78, 5) is 1.95. The minimum atomic E-state index is -0.770.